The molecule has 2 aliphatic carbocycles. The first-order valence-corrected chi connectivity index (χ1v) is 9.66. The molecule has 2 aliphatic rings. The van der Waals surface area contributed by atoms with Crippen LogP contribution in [-0.2, 0) is 15.6 Å². The van der Waals surface area contributed by atoms with Gasteiger partial charge in [0.25, 0.3) is 0 Å². The first-order chi connectivity index (χ1) is 13.0. The van der Waals surface area contributed by atoms with E-state index in [1.807, 2.05) is 6.07 Å². The Morgan fingerprint density at radius 1 is 1.18 bits per heavy atom. The monoisotopic (exact) mass is 385 g/mol. The third kappa shape index (κ3) is 3.75. The van der Waals surface area contributed by atoms with E-state index in [9.17, 15) is 14.4 Å². The van der Waals surface area contributed by atoms with Gasteiger partial charge in [-0.05, 0) is 46.9 Å². The Balaban J connectivity index is 1.85. The summed E-state index contributed by atoms with van der Waals surface area (Å²) in [5.74, 6) is -2.33. The Labute approximate surface area is 165 Å². The van der Waals surface area contributed by atoms with Crippen LogP contribution >= 0.6 is 0 Å². The molecule has 5 heteroatoms. The molecule has 1 aromatic rings. The van der Waals surface area contributed by atoms with Crippen molar-refractivity contribution < 1.29 is 19.5 Å². The standard InChI is InChI=1S/C23H28FNO3/c1-22(2)13-23(3,4)18-11-15(7-9-17(18)22)20(25-28)10-8-14-5-6-16(21(26)27)12-19(14)24/h5-11,14,16,19,28H,12-13H2,1-4H3,(H,26,27)/b10-8+,25-20+. The molecular weight excluding hydrogens is 357 g/mol. The molecule has 0 aromatic heterocycles. The number of hydrogen-bond acceptors (Lipinski definition) is 3. The fraction of sp³-hybridized carbons (Fsp3) is 0.478. The molecule has 0 aliphatic heterocycles. The zero-order chi connectivity index (χ0) is 20.7. The summed E-state index contributed by atoms with van der Waals surface area (Å²) in [7, 11) is 0. The van der Waals surface area contributed by atoms with Crippen molar-refractivity contribution >= 4 is 11.7 Å². The van der Waals surface area contributed by atoms with E-state index in [4.69, 9.17) is 5.11 Å². The Bertz CT molecular complexity index is 867. The fourth-order valence-electron chi connectivity index (χ4n) is 4.77. The number of halogens is 1. The number of nitrogens with zero attached hydrogens (tertiary/aromatic N) is 1. The predicted octanol–water partition coefficient (Wildman–Crippen LogP) is 5.00. The Morgan fingerprint density at radius 2 is 1.86 bits per heavy atom. The van der Waals surface area contributed by atoms with Crippen LogP contribution in [0.5, 0.6) is 0 Å². The minimum Gasteiger partial charge on any atom is -0.481 e. The van der Waals surface area contributed by atoms with Gasteiger partial charge in [-0.15, -0.1) is 0 Å². The van der Waals surface area contributed by atoms with Crippen LogP contribution in [0.4, 0.5) is 4.39 Å². The van der Waals surface area contributed by atoms with Crippen LogP contribution in [0, 0.1) is 11.8 Å². The van der Waals surface area contributed by atoms with Gasteiger partial charge in [0.15, 0.2) is 0 Å². The molecule has 28 heavy (non-hydrogen) atoms. The lowest BCUT2D eigenvalue weighted by atomic mass is 9.82. The zero-order valence-electron chi connectivity index (χ0n) is 16.8. The lowest BCUT2D eigenvalue weighted by Gasteiger charge is -2.22. The van der Waals surface area contributed by atoms with E-state index >= 15 is 0 Å². The van der Waals surface area contributed by atoms with E-state index in [0.29, 0.717) is 5.71 Å². The number of benzene rings is 1. The molecule has 3 unspecified atom stereocenters. The van der Waals surface area contributed by atoms with Crippen LogP contribution in [-0.4, -0.2) is 28.2 Å². The van der Waals surface area contributed by atoms with Crippen LogP contribution in [0.3, 0.4) is 0 Å². The number of carboxylic acid groups (broad SMARTS) is 1. The Morgan fingerprint density at radius 3 is 2.46 bits per heavy atom. The minimum absolute atomic E-state index is 0.0289. The minimum atomic E-state index is -1.28. The molecule has 3 atom stereocenters. The number of carbonyl (C=O) groups is 1. The first kappa shape index (κ1) is 20.3. The van der Waals surface area contributed by atoms with Crippen LogP contribution < -0.4 is 0 Å². The maximum Gasteiger partial charge on any atom is 0.310 e. The topological polar surface area (TPSA) is 69.9 Å². The van der Waals surface area contributed by atoms with Gasteiger partial charge in [0.05, 0.1) is 5.92 Å². The number of aliphatic carboxylic acids is 1. The van der Waals surface area contributed by atoms with Gasteiger partial charge in [-0.3, -0.25) is 4.79 Å². The molecular formula is C23H28FNO3. The molecule has 150 valence electrons. The molecule has 4 nitrogen and oxygen atoms in total. The van der Waals surface area contributed by atoms with Crippen molar-refractivity contribution in [3.05, 3.63) is 59.2 Å². The zero-order valence-corrected chi connectivity index (χ0v) is 16.8. The van der Waals surface area contributed by atoms with Crippen molar-refractivity contribution in [2.75, 3.05) is 0 Å². The van der Waals surface area contributed by atoms with E-state index in [0.717, 1.165) is 12.0 Å². The summed E-state index contributed by atoms with van der Waals surface area (Å²) in [6.45, 7) is 8.91. The van der Waals surface area contributed by atoms with Gasteiger partial charge in [-0.1, -0.05) is 63.2 Å². The van der Waals surface area contributed by atoms with E-state index in [2.05, 4.69) is 45.0 Å². The van der Waals surface area contributed by atoms with Crippen molar-refractivity contribution in [3.8, 4) is 0 Å². The SMILES string of the molecule is CC1(C)CC(C)(C)c2cc(C(/C=C/C3C=CC(C(=O)O)CC3F)=N/O)ccc21. The second kappa shape index (κ2) is 7.19. The number of allylic oxidation sites excluding steroid dienone is 3. The quantitative estimate of drug-likeness (QED) is 0.332. The van der Waals surface area contributed by atoms with E-state index in [1.54, 1.807) is 18.2 Å². The van der Waals surface area contributed by atoms with Gasteiger partial charge in [-0.2, -0.15) is 0 Å². The number of hydrogen-bond donors (Lipinski definition) is 2. The summed E-state index contributed by atoms with van der Waals surface area (Å²) in [5, 5.41) is 21.9. The van der Waals surface area contributed by atoms with Crippen LogP contribution in [0.15, 0.2) is 47.7 Å². The molecule has 0 heterocycles. The summed E-state index contributed by atoms with van der Waals surface area (Å²) in [5.41, 5.74) is 3.82. The molecule has 0 saturated heterocycles. The van der Waals surface area contributed by atoms with Crippen LogP contribution in [0.25, 0.3) is 0 Å². The van der Waals surface area contributed by atoms with Gasteiger partial charge in [0.2, 0.25) is 0 Å². The lowest BCUT2D eigenvalue weighted by molar-refractivity contribution is -0.140. The molecule has 0 bridgehead atoms. The largest absolute Gasteiger partial charge is 0.481 e. The van der Waals surface area contributed by atoms with Gasteiger partial charge in [0.1, 0.15) is 11.9 Å². The van der Waals surface area contributed by atoms with Crippen LogP contribution in [0.1, 0.15) is 57.2 Å². The maximum atomic E-state index is 14.3. The molecule has 0 saturated carbocycles. The van der Waals surface area contributed by atoms with Crippen molar-refractivity contribution in [1.29, 1.82) is 0 Å². The van der Waals surface area contributed by atoms with Gasteiger partial charge in [-0.25, -0.2) is 4.39 Å². The van der Waals surface area contributed by atoms with Crippen LogP contribution in [0.2, 0.25) is 0 Å². The number of alkyl halides is 1. The highest BCUT2D eigenvalue weighted by Crippen LogP contribution is 2.49. The Hall–Kier alpha value is -2.43. The molecule has 1 aromatic carbocycles. The summed E-state index contributed by atoms with van der Waals surface area (Å²) in [6.07, 6.45) is 6.07. The summed E-state index contributed by atoms with van der Waals surface area (Å²) >= 11 is 0. The third-order valence-electron chi connectivity index (χ3n) is 6.02. The molecule has 0 fully saturated rings. The number of carboxylic acids is 1. The number of rotatable bonds is 4. The fourth-order valence-corrected chi connectivity index (χ4v) is 4.77. The van der Waals surface area contributed by atoms with Crippen molar-refractivity contribution in [2.45, 2.75) is 57.5 Å². The average molecular weight is 385 g/mol. The highest BCUT2D eigenvalue weighted by molar-refractivity contribution is 6.08. The Kier molecular flexibility index (Phi) is 5.22. The third-order valence-corrected chi connectivity index (χ3v) is 6.02. The van der Waals surface area contributed by atoms with Crippen molar-refractivity contribution in [2.24, 2.45) is 17.0 Å². The highest BCUT2D eigenvalue weighted by Gasteiger charge is 2.41. The number of fused-ring (bicyclic) bond motifs is 1. The maximum absolute atomic E-state index is 14.3. The van der Waals surface area contributed by atoms with E-state index in [-0.39, 0.29) is 17.3 Å². The smallest absolute Gasteiger partial charge is 0.310 e. The summed E-state index contributed by atoms with van der Waals surface area (Å²) in [6, 6.07) is 6.09. The summed E-state index contributed by atoms with van der Waals surface area (Å²) in [4.78, 5) is 11.0. The first-order valence-electron chi connectivity index (χ1n) is 9.66. The molecule has 0 spiro atoms. The normalized spacial score (nSPS) is 28.5. The highest BCUT2D eigenvalue weighted by atomic mass is 19.1. The summed E-state index contributed by atoms with van der Waals surface area (Å²) < 4.78 is 14.3. The van der Waals surface area contributed by atoms with E-state index < -0.39 is 24.0 Å². The lowest BCUT2D eigenvalue weighted by Crippen LogP contribution is -2.25. The molecule has 0 radical (unpaired) electrons. The average Bonchev–Trinajstić information content (AvgIpc) is 2.80. The van der Waals surface area contributed by atoms with Crippen molar-refractivity contribution in [1.82, 2.24) is 0 Å². The molecule has 2 N–H and O–H groups in total. The predicted molar refractivity (Wildman–Crippen MR) is 108 cm³/mol. The van der Waals surface area contributed by atoms with Gasteiger partial charge < -0.3 is 10.3 Å². The van der Waals surface area contributed by atoms with Crippen molar-refractivity contribution in [3.63, 3.8) is 0 Å². The second-order valence-corrected chi connectivity index (χ2v) is 9.21. The van der Waals surface area contributed by atoms with Gasteiger partial charge in [0, 0.05) is 11.5 Å². The molecule has 0 amide bonds. The molecule has 3 rings (SSSR count). The second-order valence-electron chi connectivity index (χ2n) is 9.21. The van der Waals surface area contributed by atoms with E-state index in [1.165, 1.54) is 17.2 Å². The van der Waals surface area contributed by atoms with Gasteiger partial charge >= 0.3 is 5.97 Å². The number of oxime groups is 1.